The van der Waals surface area contributed by atoms with Gasteiger partial charge in [0.25, 0.3) is 0 Å². The van der Waals surface area contributed by atoms with Gasteiger partial charge in [0.05, 0.1) is 0 Å². The van der Waals surface area contributed by atoms with Gasteiger partial charge in [0, 0.05) is 0 Å². The standard InChI is InChI=1S/C12H17.Li/c1-4-10-7-11(5-2)9-12(6-3)8-10;/h7-8H,4-6H2,1-3H3;/q-1;+1. The first-order valence-corrected chi connectivity index (χ1v) is 4.84. The van der Waals surface area contributed by atoms with Gasteiger partial charge < -0.3 is 0 Å². The summed E-state index contributed by atoms with van der Waals surface area (Å²) in [4.78, 5) is 0. The molecule has 1 rings (SSSR count). The van der Waals surface area contributed by atoms with Gasteiger partial charge in [-0.3, -0.25) is 0 Å². The summed E-state index contributed by atoms with van der Waals surface area (Å²) in [6.07, 6.45) is 3.33. The first-order valence-electron chi connectivity index (χ1n) is 4.84. The summed E-state index contributed by atoms with van der Waals surface area (Å²) in [5.74, 6) is 0. The minimum atomic E-state index is 0. The first-order chi connectivity index (χ1) is 5.80. The molecule has 13 heavy (non-hydrogen) atoms. The van der Waals surface area contributed by atoms with E-state index in [0.29, 0.717) is 0 Å². The fourth-order valence-electron chi connectivity index (χ4n) is 1.35. The number of hydrogen-bond acceptors (Lipinski definition) is 0. The van der Waals surface area contributed by atoms with Gasteiger partial charge in [-0.2, -0.15) is 34.9 Å². The van der Waals surface area contributed by atoms with Crippen LogP contribution in [-0.4, -0.2) is 0 Å². The molecule has 1 aromatic rings. The van der Waals surface area contributed by atoms with Gasteiger partial charge >= 0.3 is 18.9 Å². The van der Waals surface area contributed by atoms with Crippen molar-refractivity contribution in [3.63, 3.8) is 0 Å². The molecule has 0 nitrogen and oxygen atoms in total. The molecule has 0 heterocycles. The molecule has 0 aliphatic heterocycles. The Morgan fingerprint density at radius 3 is 1.69 bits per heavy atom. The Labute approximate surface area is 93.9 Å². The van der Waals surface area contributed by atoms with Crippen LogP contribution in [0.3, 0.4) is 0 Å². The Kier molecular flexibility index (Phi) is 6.21. The van der Waals surface area contributed by atoms with E-state index >= 15 is 0 Å². The topological polar surface area (TPSA) is 0 Å². The molecular formula is C12H17Li. The van der Waals surface area contributed by atoms with E-state index in [1.807, 2.05) is 0 Å². The Morgan fingerprint density at radius 1 is 0.923 bits per heavy atom. The van der Waals surface area contributed by atoms with Crippen LogP contribution in [-0.2, 0) is 19.3 Å². The summed E-state index contributed by atoms with van der Waals surface area (Å²) in [5, 5.41) is 0. The van der Waals surface area contributed by atoms with Crippen LogP contribution in [0.2, 0.25) is 0 Å². The third-order valence-corrected chi connectivity index (χ3v) is 2.21. The van der Waals surface area contributed by atoms with E-state index in [9.17, 15) is 0 Å². The maximum atomic E-state index is 3.42. The second-order valence-electron chi connectivity index (χ2n) is 3.10. The van der Waals surface area contributed by atoms with Crippen molar-refractivity contribution in [2.45, 2.75) is 40.0 Å². The van der Waals surface area contributed by atoms with Gasteiger partial charge in [-0.25, -0.2) is 0 Å². The van der Waals surface area contributed by atoms with Crippen LogP contribution in [0, 0.1) is 6.07 Å². The fraction of sp³-hybridized carbons (Fsp3) is 0.500. The second-order valence-corrected chi connectivity index (χ2v) is 3.10. The van der Waals surface area contributed by atoms with E-state index < -0.39 is 0 Å². The summed E-state index contributed by atoms with van der Waals surface area (Å²) in [6.45, 7) is 6.57. The van der Waals surface area contributed by atoms with Crippen LogP contribution in [0.25, 0.3) is 0 Å². The zero-order chi connectivity index (χ0) is 8.97. The molecule has 0 saturated heterocycles. The number of hydrogen-bond donors (Lipinski definition) is 0. The van der Waals surface area contributed by atoms with Crippen molar-refractivity contribution in [2.75, 3.05) is 0 Å². The molecule has 0 unspecified atom stereocenters. The molecule has 0 radical (unpaired) electrons. The van der Waals surface area contributed by atoms with E-state index in [0.717, 1.165) is 19.3 Å². The van der Waals surface area contributed by atoms with Gasteiger partial charge in [-0.05, 0) is 0 Å². The predicted octanol–water partition coefficient (Wildman–Crippen LogP) is 0.178. The van der Waals surface area contributed by atoms with Gasteiger partial charge in [0.2, 0.25) is 0 Å². The van der Waals surface area contributed by atoms with Crippen molar-refractivity contribution in [3.8, 4) is 0 Å². The second kappa shape index (κ2) is 6.30. The molecule has 0 atom stereocenters. The maximum absolute atomic E-state index is 3.42. The average Bonchev–Trinajstić information content (AvgIpc) is 2.16. The van der Waals surface area contributed by atoms with E-state index in [4.69, 9.17) is 0 Å². The third-order valence-electron chi connectivity index (χ3n) is 2.21. The zero-order valence-electron chi connectivity index (χ0n) is 9.28. The molecule has 0 aliphatic rings. The molecule has 0 amide bonds. The largest absolute Gasteiger partial charge is 1.00 e. The van der Waals surface area contributed by atoms with Crippen molar-refractivity contribution in [2.24, 2.45) is 0 Å². The summed E-state index contributed by atoms with van der Waals surface area (Å²) < 4.78 is 0. The van der Waals surface area contributed by atoms with Crippen LogP contribution in [0.1, 0.15) is 37.5 Å². The molecule has 0 aliphatic carbocycles. The maximum Gasteiger partial charge on any atom is 1.00 e. The molecule has 0 N–H and O–H groups in total. The first kappa shape index (κ1) is 12.8. The molecule has 1 aromatic carbocycles. The zero-order valence-corrected chi connectivity index (χ0v) is 9.28. The Hall–Kier alpha value is -0.183. The Bertz CT molecular complexity index is 198. The monoisotopic (exact) mass is 168 g/mol. The van der Waals surface area contributed by atoms with Crippen LogP contribution in [0.5, 0.6) is 0 Å². The predicted molar refractivity (Wildman–Crippen MR) is 53.4 cm³/mol. The van der Waals surface area contributed by atoms with Gasteiger partial charge in [0.15, 0.2) is 0 Å². The van der Waals surface area contributed by atoms with Crippen molar-refractivity contribution in [1.82, 2.24) is 0 Å². The molecule has 0 aromatic heterocycles. The minimum absolute atomic E-state index is 0. The smallest absolute Gasteiger partial charge is 0.177 e. The summed E-state index contributed by atoms with van der Waals surface area (Å²) in [7, 11) is 0. The van der Waals surface area contributed by atoms with Crippen LogP contribution in [0.4, 0.5) is 0 Å². The molecule has 0 fully saturated rings. The van der Waals surface area contributed by atoms with Gasteiger partial charge in [-0.15, -0.1) is 0 Å². The molecule has 0 spiro atoms. The van der Waals surface area contributed by atoms with Crippen LogP contribution >= 0.6 is 0 Å². The Balaban J connectivity index is 0.00000144. The van der Waals surface area contributed by atoms with Gasteiger partial charge in [-0.1, -0.05) is 40.0 Å². The van der Waals surface area contributed by atoms with Crippen LogP contribution in [0.15, 0.2) is 12.1 Å². The SMILES string of the molecule is CCc1[c-]c(CC)cc(CC)c1.[Li+]. The number of benzene rings is 1. The molecule has 66 valence electrons. The number of aryl methyl sites for hydroxylation is 3. The molecule has 0 bridgehead atoms. The fourth-order valence-corrected chi connectivity index (χ4v) is 1.35. The normalized spacial score (nSPS) is 9.46. The summed E-state index contributed by atoms with van der Waals surface area (Å²) >= 11 is 0. The molecule has 1 heteroatoms. The number of rotatable bonds is 3. The van der Waals surface area contributed by atoms with Gasteiger partial charge in [0.1, 0.15) is 0 Å². The van der Waals surface area contributed by atoms with E-state index in [2.05, 4.69) is 39.0 Å². The summed E-state index contributed by atoms with van der Waals surface area (Å²) in [5.41, 5.74) is 4.15. The van der Waals surface area contributed by atoms with E-state index in [1.54, 1.807) is 0 Å². The third kappa shape index (κ3) is 3.59. The van der Waals surface area contributed by atoms with Crippen molar-refractivity contribution < 1.29 is 18.9 Å². The Morgan fingerprint density at radius 2 is 1.38 bits per heavy atom. The quantitative estimate of drug-likeness (QED) is 0.446. The summed E-state index contributed by atoms with van der Waals surface area (Å²) in [6, 6.07) is 7.94. The molecule has 0 saturated carbocycles. The minimum Gasteiger partial charge on any atom is -0.177 e. The van der Waals surface area contributed by atoms with Crippen molar-refractivity contribution in [3.05, 3.63) is 34.9 Å². The van der Waals surface area contributed by atoms with E-state index in [-0.39, 0.29) is 18.9 Å². The average molecular weight is 168 g/mol. The van der Waals surface area contributed by atoms with Crippen molar-refractivity contribution in [1.29, 1.82) is 0 Å². The molecular weight excluding hydrogens is 151 g/mol. The van der Waals surface area contributed by atoms with Crippen LogP contribution < -0.4 is 18.9 Å². The van der Waals surface area contributed by atoms with E-state index in [1.165, 1.54) is 16.7 Å². The van der Waals surface area contributed by atoms with Crippen molar-refractivity contribution >= 4 is 0 Å².